The van der Waals surface area contributed by atoms with Crippen molar-refractivity contribution in [2.24, 2.45) is 4.99 Å². The summed E-state index contributed by atoms with van der Waals surface area (Å²) in [4.78, 5) is 37.7. The van der Waals surface area contributed by atoms with Crippen LogP contribution in [0.1, 0.15) is 30.7 Å². The third kappa shape index (κ3) is 4.97. The molecule has 0 saturated heterocycles. The number of amides is 2. The Morgan fingerprint density at radius 3 is 2.67 bits per heavy atom. The molecule has 3 heterocycles. The number of fused-ring (bicyclic) bond motifs is 2. The van der Waals surface area contributed by atoms with Gasteiger partial charge >= 0.3 is 0 Å². The maximum absolute atomic E-state index is 12.6. The van der Waals surface area contributed by atoms with Crippen molar-refractivity contribution in [2.75, 3.05) is 44.5 Å². The highest BCUT2D eigenvalue weighted by Gasteiger charge is 2.33. The van der Waals surface area contributed by atoms with Gasteiger partial charge in [-0.1, -0.05) is 0 Å². The molecule has 0 spiro atoms. The Kier molecular flexibility index (Phi) is 6.86. The third-order valence-corrected chi connectivity index (χ3v) is 5.30. The standard InChI is InChI=1S/C22H26N6O5/c1-31-15-9-13-10-16(19(15)32-2)33-8-3-5-17(29)23-6-4-7-24-20-18-14(11-25-13)22(30)28-21(18)27-12-26-20/h9-12,14H,3-8H2,1-2H3,(H,23,29)(H2,24,26,27,28,30). The SMILES string of the molecule is COc1cc2cc(c1OC)OCCCC(=O)NCCCNc1ncnc3c1C(C=N2)C(=O)N3. The van der Waals surface area contributed by atoms with Gasteiger partial charge in [0.2, 0.25) is 17.6 Å². The Bertz CT molecular complexity index is 1070. The lowest BCUT2D eigenvalue weighted by atomic mass is 10.0. The van der Waals surface area contributed by atoms with Gasteiger partial charge < -0.3 is 30.2 Å². The van der Waals surface area contributed by atoms with Gasteiger partial charge in [0.25, 0.3) is 0 Å². The molecule has 11 heteroatoms. The number of nitrogens with one attached hydrogen (secondary N) is 3. The molecule has 0 fully saturated rings. The number of nitrogens with zero attached hydrogens (tertiary/aromatic N) is 3. The van der Waals surface area contributed by atoms with Crippen molar-refractivity contribution < 1.29 is 23.8 Å². The second-order valence-corrected chi connectivity index (χ2v) is 7.49. The first-order valence-corrected chi connectivity index (χ1v) is 10.7. The van der Waals surface area contributed by atoms with Gasteiger partial charge in [-0.3, -0.25) is 14.6 Å². The molecule has 3 N–H and O–H groups in total. The van der Waals surface area contributed by atoms with E-state index in [9.17, 15) is 9.59 Å². The van der Waals surface area contributed by atoms with Crippen LogP contribution >= 0.6 is 0 Å². The average molecular weight is 454 g/mol. The quantitative estimate of drug-likeness (QED) is 0.627. The van der Waals surface area contributed by atoms with E-state index in [-0.39, 0.29) is 11.8 Å². The number of carbonyl (C=O) groups is 2. The fraction of sp³-hybridized carbons (Fsp3) is 0.409. The highest BCUT2D eigenvalue weighted by molar-refractivity contribution is 6.13. The van der Waals surface area contributed by atoms with Crippen LogP contribution in [0.5, 0.6) is 17.2 Å². The summed E-state index contributed by atoms with van der Waals surface area (Å²) in [7, 11) is 3.04. The number of methoxy groups -OCH3 is 2. The third-order valence-electron chi connectivity index (χ3n) is 5.30. The van der Waals surface area contributed by atoms with Crippen molar-refractivity contribution in [1.82, 2.24) is 15.3 Å². The lowest BCUT2D eigenvalue weighted by Gasteiger charge is -2.15. The van der Waals surface area contributed by atoms with E-state index in [2.05, 4.69) is 30.9 Å². The highest BCUT2D eigenvalue weighted by atomic mass is 16.5. The minimum Gasteiger partial charge on any atom is -0.493 e. The summed E-state index contributed by atoms with van der Waals surface area (Å²) in [6.45, 7) is 1.42. The number of anilines is 2. The number of rotatable bonds is 2. The van der Waals surface area contributed by atoms with Gasteiger partial charge in [0.1, 0.15) is 23.9 Å². The van der Waals surface area contributed by atoms with E-state index in [1.807, 2.05) is 0 Å². The first-order chi connectivity index (χ1) is 16.1. The van der Waals surface area contributed by atoms with Gasteiger partial charge in [-0.05, 0) is 12.8 Å². The van der Waals surface area contributed by atoms with E-state index in [0.29, 0.717) is 79.1 Å². The van der Waals surface area contributed by atoms with Crippen LogP contribution in [-0.2, 0) is 9.59 Å². The van der Waals surface area contributed by atoms with Crippen LogP contribution in [-0.4, -0.2) is 61.9 Å². The van der Waals surface area contributed by atoms with Crippen LogP contribution < -0.4 is 30.2 Å². The minimum atomic E-state index is -0.667. The summed E-state index contributed by atoms with van der Waals surface area (Å²) in [5.41, 5.74) is 1.16. The van der Waals surface area contributed by atoms with Gasteiger partial charge in [-0.2, -0.15) is 0 Å². The number of benzene rings is 1. The molecule has 2 aliphatic rings. The zero-order valence-corrected chi connectivity index (χ0v) is 18.5. The topological polar surface area (TPSA) is 136 Å². The van der Waals surface area contributed by atoms with Crippen molar-refractivity contribution in [2.45, 2.75) is 25.2 Å². The maximum atomic E-state index is 12.6. The largest absolute Gasteiger partial charge is 0.493 e. The molecule has 2 amide bonds. The van der Waals surface area contributed by atoms with Gasteiger partial charge in [0, 0.05) is 37.9 Å². The normalized spacial score (nSPS) is 18.5. The summed E-state index contributed by atoms with van der Waals surface area (Å²) in [5.74, 6) is 1.37. The second kappa shape index (κ2) is 10.2. The van der Waals surface area contributed by atoms with Gasteiger partial charge in [0.05, 0.1) is 32.1 Å². The van der Waals surface area contributed by atoms with Crippen LogP contribution in [0.15, 0.2) is 23.5 Å². The Balaban J connectivity index is 1.71. The molecule has 2 bridgehead atoms. The first-order valence-electron chi connectivity index (χ1n) is 10.7. The van der Waals surface area contributed by atoms with Crippen LogP contribution in [0.25, 0.3) is 0 Å². The zero-order chi connectivity index (χ0) is 23.2. The van der Waals surface area contributed by atoms with E-state index in [0.717, 1.165) is 0 Å². The minimum absolute atomic E-state index is 0.0413. The van der Waals surface area contributed by atoms with E-state index >= 15 is 0 Å². The smallest absolute Gasteiger partial charge is 0.238 e. The molecule has 1 aromatic heterocycles. The first kappa shape index (κ1) is 22.3. The predicted molar refractivity (Wildman–Crippen MR) is 122 cm³/mol. The van der Waals surface area contributed by atoms with E-state index < -0.39 is 5.92 Å². The summed E-state index contributed by atoms with van der Waals surface area (Å²) in [6, 6.07) is 3.40. The molecule has 2 aliphatic heterocycles. The van der Waals surface area contributed by atoms with Gasteiger partial charge in [0.15, 0.2) is 11.5 Å². The van der Waals surface area contributed by atoms with Gasteiger partial charge in [-0.15, -0.1) is 0 Å². The summed E-state index contributed by atoms with van der Waals surface area (Å²) >= 11 is 0. The molecule has 2 aromatic rings. The predicted octanol–water partition coefficient (Wildman–Crippen LogP) is 2.02. The van der Waals surface area contributed by atoms with Gasteiger partial charge in [-0.25, -0.2) is 9.97 Å². The van der Waals surface area contributed by atoms with Crippen LogP contribution in [0.4, 0.5) is 17.3 Å². The highest BCUT2D eigenvalue weighted by Crippen LogP contribution is 2.42. The molecule has 4 rings (SSSR count). The van der Waals surface area contributed by atoms with E-state index in [4.69, 9.17) is 14.2 Å². The number of ether oxygens (including phenoxy) is 3. The lowest BCUT2D eigenvalue weighted by molar-refractivity contribution is -0.121. The molecule has 1 aromatic carbocycles. The number of carbonyl (C=O) groups excluding carboxylic acids is 2. The molecule has 0 aliphatic carbocycles. The number of aromatic nitrogens is 2. The molecule has 1 unspecified atom stereocenters. The fourth-order valence-corrected chi connectivity index (χ4v) is 3.68. The lowest BCUT2D eigenvalue weighted by Crippen LogP contribution is -2.26. The Hall–Kier alpha value is -3.89. The maximum Gasteiger partial charge on any atom is 0.238 e. The van der Waals surface area contributed by atoms with Crippen molar-refractivity contribution in [3.8, 4) is 17.2 Å². The molecule has 33 heavy (non-hydrogen) atoms. The fourth-order valence-electron chi connectivity index (χ4n) is 3.68. The Morgan fingerprint density at radius 1 is 1.03 bits per heavy atom. The summed E-state index contributed by atoms with van der Waals surface area (Å²) in [6.07, 6.45) is 4.54. The number of hydrogen-bond acceptors (Lipinski definition) is 9. The van der Waals surface area contributed by atoms with Crippen molar-refractivity contribution in [1.29, 1.82) is 0 Å². The molecule has 0 saturated carbocycles. The molecular formula is C22H26N6O5. The van der Waals surface area contributed by atoms with Crippen LogP contribution in [0.2, 0.25) is 0 Å². The Labute approximate surface area is 191 Å². The van der Waals surface area contributed by atoms with E-state index in [1.54, 1.807) is 18.3 Å². The van der Waals surface area contributed by atoms with E-state index in [1.165, 1.54) is 20.5 Å². The number of hydrogen-bond donors (Lipinski definition) is 3. The molecule has 0 radical (unpaired) electrons. The summed E-state index contributed by atoms with van der Waals surface area (Å²) in [5, 5.41) is 8.91. The van der Waals surface area contributed by atoms with Crippen molar-refractivity contribution >= 4 is 35.4 Å². The van der Waals surface area contributed by atoms with Crippen LogP contribution in [0, 0.1) is 0 Å². The molecule has 11 nitrogen and oxygen atoms in total. The van der Waals surface area contributed by atoms with Crippen LogP contribution in [0.3, 0.4) is 0 Å². The Morgan fingerprint density at radius 2 is 1.85 bits per heavy atom. The monoisotopic (exact) mass is 454 g/mol. The zero-order valence-electron chi connectivity index (χ0n) is 18.5. The molecular weight excluding hydrogens is 428 g/mol. The molecule has 174 valence electrons. The molecule has 1 atom stereocenters. The second-order valence-electron chi connectivity index (χ2n) is 7.49. The number of aliphatic imine (C=N–C) groups is 1. The van der Waals surface area contributed by atoms with Crippen molar-refractivity contribution in [3.63, 3.8) is 0 Å². The van der Waals surface area contributed by atoms with Crippen molar-refractivity contribution in [3.05, 3.63) is 24.0 Å². The summed E-state index contributed by atoms with van der Waals surface area (Å²) < 4.78 is 16.8. The average Bonchev–Trinajstić information content (AvgIpc) is 3.14.